The van der Waals surface area contributed by atoms with Crippen molar-refractivity contribution in [2.24, 2.45) is 0 Å². The molecule has 0 spiro atoms. The van der Waals surface area contributed by atoms with E-state index in [1.807, 2.05) is 24.3 Å². The Hall–Kier alpha value is -4.42. The number of halogens is 6. The lowest BCUT2D eigenvalue weighted by molar-refractivity contribution is -0.198. The van der Waals surface area contributed by atoms with Crippen molar-refractivity contribution in [3.8, 4) is 5.75 Å². The van der Waals surface area contributed by atoms with Crippen LogP contribution in [0.4, 0.5) is 26.3 Å². The average molecular weight is 646 g/mol. The van der Waals surface area contributed by atoms with E-state index in [4.69, 9.17) is 14.3 Å². The maximum Gasteiger partial charge on any atom is 0.416 e. The summed E-state index contributed by atoms with van der Waals surface area (Å²) in [6.07, 6.45) is -3.16. The van der Waals surface area contributed by atoms with Gasteiger partial charge < -0.3 is 9.47 Å². The number of amides is 1. The van der Waals surface area contributed by atoms with Gasteiger partial charge in [0, 0.05) is 30.2 Å². The minimum atomic E-state index is -4.98. The van der Waals surface area contributed by atoms with Crippen LogP contribution in [0.5, 0.6) is 5.75 Å². The van der Waals surface area contributed by atoms with E-state index in [0.717, 1.165) is 36.5 Å². The molecular formula is C34H29F6NO5. The number of carbonyl (C=O) groups excluding carboxylic acids is 2. The smallest absolute Gasteiger partial charge is 0.416 e. The first-order chi connectivity index (χ1) is 21.8. The third-order valence-corrected chi connectivity index (χ3v) is 7.47. The maximum absolute atomic E-state index is 13.3. The number of nitrogens with one attached hydrogen (secondary N) is 1. The largest absolute Gasteiger partial charge is 0.489 e. The van der Waals surface area contributed by atoms with Crippen molar-refractivity contribution in [2.45, 2.75) is 57.4 Å². The summed E-state index contributed by atoms with van der Waals surface area (Å²) in [7, 11) is 0. The van der Waals surface area contributed by atoms with Gasteiger partial charge in [-0.1, -0.05) is 24.3 Å². The first-order valence-corrected chi connectivity index (χ1v) is 14.5. The standard InChI is InChI=1S/C34H29F6NO5/c35-33(36,37)26-16-23(17-27(19-26)34(38,39)40)15-25-10-9-24-18-28(11-12-29(24)32(25)43)45-20-22-6-4-21(5-7-22)8-13-30(42)41-46-31-3-1-2-14-44-31/h4-8,11-13,15-19,31H,1-3,9-10,14,20H2,(H,41,42)/b13-8+,25-15+. The fourth-order valence-electron chi connectivity index (χ4n) is 5.07. The SMILES string of the molecule is O=C(/C=C/c1ccc(COc2ccc3c(c2)CC/C(=C\c2cc(C(F)(F)F)cc(C(F)(F)F)c2)C3=O)cc1)NOC1CCCCO1. The molecule has 0 saturated carbocycles. The van der Waals surface area contributed by atoms with Crippen LogP contribution in [0.2, 0.25) is 0 Å². The number of allylic oxidation sites excluding steroid dienone is 1. The molecule has 1 aliphatic heterocycles. The van der Waals surface area contributed by atoms with Gasteiger partial charge in [-0.2, -0.15) is 26.3 Å². The highest BCUT2D eigenvalue weighted by atomic mass is 19.4. The van der Waals surface area contributed by atoms with Crippen LogP contribution in [0.25, 0.3) is 12.2 Å². The van der Waals surface area contributed by atoms with E-state index in [1.165, 1.54) is 12.1 Å². The summed E-state index contributed by atoms with van der Waals surface area (Å²) in [5.41, 5.74) is 1.84. The minimum absolute atomic E-state index is 0.0547. The molecule has 2 aliphatic rings. The second-order valence-electron chi connectivity index (χ2n) is 10.9. The van der Waals surface area contributed by atoms with Crippen LogP contribution in [0.3, 0.4) is 0 Å². The summed E-state index contributed by atoms with van der Waals surface area (Å²) in [4.78, 5) is 30.4. The predicted octanol–water partition coefficient (Wildman–Crippen LogP) is 8.10. The van der Waals surface area contributed by atoms with E-state index in [0.29, 0.717) is 42.0 Å². The number of rotatable bonds is 8. The first-order valence-electron chi connectivity index (χ1n) is 14.5. The van der Waals surface area contributed by atoms with Gasteiger partial charge in [-0.15, -0.1) is 0 Å². The van der Waals surface area contributed by atoms with Crippen LogP contribution < -0.4 is 10.2 Å². The number of alkyl halides is 6. The van der Waals surface area contributed by atoms with Gasteiger partial charge in [-0.05, 0) is 96.5 Å². The Labute approximate surface area is 260 Å². The quantitative estimate of drug-likeness (QED) is 0.152. The molecule has 1 saturated heterocycles. The number of fused-ring (bicyclic) bond motifs is 1. The van der Waals surface area contributed by atoms with Crippen LogP contribution in [0.15, 0.2) is 72.3 Å². The first kappa shape index (κ1) is 33.0. The topological polar surface area (TPSA) is 73.9 Å². The molecule has 242 valence electrons. The molecule has 3 aromatic rings. The Bertz CT molecular complexity index is 1600. The van der Waals surface area contributed by atoms with Crippen molar-refractivity contribution in [2.75, 3.05) is 6.61 Å². The number of ether oxygens (including phenoxy) is 2. The van der Waals surface area contributed by atoms with Crippen LogP contribution in [-0.4, -0.2) is 24.6 Å². The Morgan fingerprint density at radius 3 is 2.26 bits per heavy atom. The average Bonchev–Trinajstić information content (AvgIpc) is 3.03. The lowest BCUT2D eigenvalue weighted by Gasteiger charge is -2.21. The molecule has 3 aromatic carbocycles. The molecule has 1 heterocycles. The van der Waals surface area contributed by atoms with E-state index in [2.05, 4.69) is 5.48 Å². The molecule has 12 heteroatoms. The predicted molar refractivity (Wildman–Crippen MR) is 156 cm³/mol. The van der Waals surface area contributed by atoms with Gasteiger partial charge in [0.15, 0.2) is 12.1 Å². The molecule has 1 N–H and O–H groups in total. The molecular weight excluding hydrogens is 616 g/mol. The lowest BCUT2D eigenvalue weighted by Crippen LogP contribution is -2.32. The molecule has 1 fully saturated rings. The molecule has 1 unspecified atom stereocenters. The van der Waals surface area contributed by atoms with Crippen molar-refractivity contribution >= 4 is 23.8 Å². The highest BCUT2D eigenvalue weighted by Gasteiger charge is 2.37. The van der Waals surface area contributed by atoms with Crippen LogP contribution in [-0.2, 0) is 39.7 Å². The van der Waals surface area contributed by atoms with Gasteiger partial charge in [0.2, 0.25) is 0 Å². The zero-order chi connectivity index (χ0) is 32.9. The molecule has 0 radical (unpaired) electrons. The fourth-order valence-corrected chi connectivity index (χ4v) is 5.07. The third kappa shape index (κ3) is 8.64. The number of hydrogen-bond donors (Lipinski definition) is 1. The number of carbonyl (C=O) groups is 2. The summed E-state index contributed by atoms with van der Waals surface area (Å²) in [6, 6.07) is 13.4. The zero-order valence-corrected chi connectivity index (χ0v) is 24.3. The molecule has 0 bridgehead atoms. The van der Waals surface area contributed by atoms with Crippen molar-refractivity contribution in [3.63, 3.8) is 0 Å². The van der Waals surface area contributed by atoms with Crippen LogP contribution in [0.1, 0.15) is 69.4 Å². The van der Waals surface area contributed by atoms with Crippen molar-refractivity contribution < 1.29 is 50.2 Å². The van der Waals surface area contributed by atoms with E-state index < -0.39 is 41.5 Å². The van der Waals surface area contributed by atoms with Gasteiger partial charge in [0.25, 0.3) is 5.91 Å². The number of ketones is 1. The highest BCUT2D eigenvalue weighted by Crippen LogP contribution is 2.37. The summed E-state index contributed by atoms with van der Waals surface area (Å²) in [5.74, 6) is -0.388. The Morgan fingerprint density at radius 1 is 0.891 bits per heavy atom. The molecule has 46 heavy (non-hydrogen) atoms. The van der Waals surface area contributed by atoms with E-state index in [-0.39, 0.29) is 30.2 Å². The van der Waals surface area contributed by atoms with E-state index in [9.17, 15) is 35.9 Å². The fraction of sp³-hybridized carbons (Fsp3) is 0.294. The van der Waals surface area contributed by atoms with Gasteiger partial charge in [0.05, 0.1) is 11.1 Å². The number of aryl methyl sites for hydroxylation is 1. The molecule has 5 rings (SSSR count). The number of benzene rings is 3. The maximum atomic E-state index is 13.3. The van der Waals surface area contributed by atoms with Crippen molar-refractivity contribution in [1.82, 2.24) is 5.48 Å². The number of hydrogen-bond acceptors (Lipinski definition) is 5. The number of hydroxylamine groups is 1. The third-order valence-electron chi connectivity index (χ3n) is 7.47. The second kappa shape index (κ2) is 13.9. The van der Waals surface area contributed by atoms with Crippen LogP contribution >= 0.6 is 0 Å². The van der Waals surface area contributed by atoms with E-state index >= 15 is 0 Å². The van der Waals surface area contributed by atoms with E-state index in [1.54, 1.807) is 18.2 Å². The van der Waals surface area contributed by atoms with Gasteiger partial charge >= 0.3 is 12.4 Å². The molecule has 1 atom stereocenters. The normalized spacial score (nSPS) is 18.1. The lowest BCUT2D eigenvalue weighted by atomic mass is 9.85. The Kier molecular flexibility index (Phi) is 9.97. The monoisotopic (exact) mass is 645 g/mol. The molecule has 0 aromatic heterocycles. The summed E-state index contributed by atoms with van der Waals surface area (Å²) >= 11 is 0. The van der Waals surface area contributed by atoms with Crippen molar-refractivity contribution in [3.05, 3.63) is 111 Å². The van der Waals surface area contributed by atoms with Gasteiger partial charge in [-0.3, -0.25) is 9.59 Å². The summed E-state index contributed by atoms with van der Waals surface area (Å²) < 4.78 is 90.8. The zero-order valence-electron chi connectivity index (χ0n) is 24.3. The Balaban J connectivity index is 1.18. The minimum Gasteiger partial charge on any atom is -0.489 e. The van der Waals surface area contributed by atoms with Gasteiger partial charge in [-0.25, -0.2) is 10.3 Å². The van der Waals surface area contributed by atoms with Crippen molar-refractivity contribution in [1.29, 1.82) is 0 Å². The number of Topliss-reactive ketones (excluding diaryl/α,β-unsaturated/α-hetero) is 1. The molecule has 6 nitrogen and oxygen atoms in total. The van der Waals surface area contributed by atoms with Gasteiger partial charge in [0.1, 0.15) is 12.4 Å². The second-order valence-corrected chi connectivity index (χ2v) is 10.9. The summed E-state index contributed by atoms with van der Waals surface area (Å²) in [6.45, 7) is 0.820. The molecule has 1 amide bonds. The van der Waals surface area contributed by atoms with Crippen LogP contribution in [0, 0.1) is 0 Å². The Morgan fingerprint density at radius 2 is 1.61 bits per heavy atom. The molecule has 1 aliphatic carbocycles. The summed E-state index contributed by atoms with van der Waals surface area (Å²) in [5, 5.41) is 0. The highest BCUT2D eigenvalue weighted by molar-refractivity contribution is 6.13.